The van der Waals surface area contributed by atoms with Gasteiger partial charge in [0.1, 0.15) is 5.76 Å². The van der Waals surface area contributed by atoms with Gasteiger partial charge in [-0.2, -0.15) is 0 Å². The van der Waals surface area contributed by atoms with E-state index in [1.54, 1.807) is 4.90 Å². The van der Waals surface area contributed by atoms with E-state index in [2.05, 4.69) is 13.8 Å². The Morgan fingerprint density at radius 3 is 2.62 bits per heavy atom. The fourth-order valence-electron chi connectivity index (χ4n) is 1.55. The number of hydrogen-bond donors (Lipinski definition) is 0. The van der Waals surface area contributed by atoms with Crippen LogP contribution in [0, 0.1) is 5.92 Å². The molecule has 0 atom stereocenters. The maximum atomic E-state index is 11.3. The Morgan fingerprint density at radius 2 is 2.15 bits per heavy atom. The van der Waals surface area contributed by atoms with E-state index in [9.17, 15) is 4.79 Å². The lowest BCUT2D eigenvalue weighted by atomic mass is 10.1. The minimum absolute atomic E-state index is 0.0428. The highest BCUT2D eigenvalue weighted by Crippen LogP contribution is 2.24. The second-order valence-corrected chi connectivity index (χ2v) is 3.56. The molecule has 0 spiro atoms. The van der Waals surface area contributed by atoms with Gasteiger partial charge in [0.25, 0.3) is 5.91 Å². The Morgan fingerprint density at radius 1 is 1.54 bits per heavy atom. The van der Waals surface area contributed by atoms with E-state index in [1.807, 2.05) is 14.0 Å². The lowest BCUT2D eigenvalue weighted by molar-refractivity contribution is -0.134. The highest BCUT2D eigenvalue weighted by molar-refractivity contribution is 5.80. The first-order valence-corrected chi connectivity index (χ1v) is 4.70. The zero-order chi connectivity index (χ0) is 10.0. The smallest absolute Gasteiger partial charge is 0.264 e. The molecule has 1 heterocycles. The molecule has 0 unspecified atom stereocenters. The summed E-state index contributed by atoms with van der Waals surface area (Å²) in [6, 6.07) is 0. The Kier molecular flexibility index (Phi) is 2.96. The first-order chi connectivity index (χ1) is 6.07. The van der Waals surface area contributed by atoms with E-state index in [1.165, 1.54) is 0 Å². The molecular formula is C10H17NO2. The molecule has 0 saturated heterocycles. The van der Waals surface area contributed by atoms with Gasteiger partial charge in [-0.1, -0.05) is 20.8 Å². The first-order valence-electron chi connectivity index (χ1n) is 4.70. The van der Waals surface area contributed by atoms with Gasteiger partial charge in [0.05, 0.1) is 5.70 Å². The number of ether oxygens (including phenoxy) is 1. The van der Waals surface area contributed by atoms with E-state index in [4.69, 9.17) is 4.74 Å². The predicted molar refractivity (Wildman–Crippen MR) is 50.9 cm³/mol. The van der Waals surface area contributed by atoms with E-state index in [0.717, 1.165) is 17.9 Å². The van der Waals surface area contributed by atoms with Gasteiger partial charge >= 0.3 is 0 Å². The zero-order valence-electron chi connectivity index (χ0n) is 8.76. The van der Waals surface area contributed by atoms with Gasteiger partial charge in [0, 0.05) is 13.0 Å². The normalized spacial score (nSPS) is 18.2. The maximum absolute atomic E-state index is 11.3. The molecule has 1 aliphatic rings. The molecule has 1 amide bonds. The van der Waals surface area contributed by atoms with Gasteiger partial charge in [-0.05, 0) is 6.42 Å². The van der Waals surface area contributed by atoms with Crippen LogP contribution < -0.4 is 0 Å². The topological polar surface area (TPSA) is 29.5 Å². The molecular weight excluding hydrogens is 166 g/mol. The number of carbonyl (C=O) groups is 1. The van der Waals surface area contributed by atoms with E-state index >= 15 is 0 Å². The van der Waals surface area contributed by atoms with Gasteiger partial charge in [-0.25, -0.2) is 0 Å². The molecule has 0 radical (unpaired) electrons. The largest absolute Gasteiger partial charge is 0.486 e. The van der Waals surface area contributed by atoms with Gasteiger partial charge < -0.3 is 9.64 Å². The predicted octanol–water partition coefficient (Wildman–Crippen LogP) is 1.75. The van der Waals surface area contributed by atoms with E-state index in [-0.39, 0.29) is 12.5 Å². The quantitative estimate of drug-likeness (QED) is 0.652. The minimum Gasteiger partial charge on any atom is -0.486 e. The monoisotopic (exact) mass is 183 g/mol. The summed E-state index contributed by atoms with van der Waals surface area (Å²) in [6.07, 6.45) is 0.843. The standard InChI is InChI=1S/C10H17NO2/c1-5-8-10(7(2)3)13-6-9(12)11(8)4/h7H,5-6H2,1-4H3. The van der Waals surface area contributed by atoms with Crippen LogP contribution in [0.5, 0.6) is 0 Å². The summed E-state index contributed by atoms with van der Waals surface area (Å²) in [7, 11) is 1.81. The number of allylic oxidation sites excluding steroid dienone is 2. The number of nitrogens with zero attached hydrogens (tertiary/aromatic N) is 1. The lowest BCUT2D eigenvalue weighted by Crippen LogP contribution is -2.36. The summed E-state index contributed by atoms with van der Waals surface area (Å²) in [5.41, 5.74) is 1.02. The Hall–Kier alpha value is -0.990. The summed E-state index contributed by atoms with van der Waals surface area (Å²) in [6.45, 7) is 6.38. The van der Waals surface area contributed by atoms with E-state index in [0.29, 0.717) is 5.92 Å². The molecule has 0 fully saturated rings. The second kappa shape index (κ2) is 3.81. The van der Waals surface area contributed by atoms with Crippen molar-refractivity contribution < 1.29 is 9.53 Å². The molecule has 0 aromatic rings. The first kappa shape index (κ1) is 10.1. The second-order valence-electron chi connectivity index (χ2n) is 3.56. The molecule has 1 rings (SSSR count). The Balaban J connectivity index is 2.99. The average Bonchev–Trinajstić information content (AvgIpc) is 2.09. The third-order valence-electron chi connectivity index (χ3n) is 2.27. The molecule has 3 heteroatoms. The van der Waals surface area contributed by atoms with Crippen LogP contribution in [0.3, 0.4) is 0 Å². The lowest BCUT2D eigenvalue weighted by Gasteiger charge is -2.30. The molecule has 0 aromatic carbocycles. The van der Waals surface area contributed by atoms with Crippen molar-refractivity contribution in [2.24, 2.45) is 5.92 Å². The van der Waals surface area contributed by atoms with Crippen LogP contribution in [0.25, 0.3) is 0 Å². The van der Waals surface area contributed by atoms with Crippen LogP contribution in [0.2, 0.25) is 0 Å². The minimum atomic E-state index is 0.0428. The van der Waals surface area contributed by atoms with Crippen molar-refractivity contribution in [3.05, 3.63) is 11.5 Å². The number of likely N-dealkylation sites (N-methyl/N-ethyl adjacent to an activating group) is 1. The van der Waals surface area contributed by atoms with Crippen molar-refractivity contribution in [3.63, 3.8) is 0 Å². The molecule has 0 N–H and O–H groups in total. The van der Waals surface area contributed by atoms with Crippen LogP contribution in [0.1, 0.15) is 27.2 Å². The number of rotatable bonds is 2. The van der Waals surface area contributed by atoms with Crippen molar-refractivity contribution in [2.75, 3.05) is 13.7 Å². The van der Waals surface area contributed by atoms with Crippen LogP contribution in [0.15, 0.2) is 11.5 Å². The summed E-state index contributed by atoms with van der Waals surface area (Å²) in [5, 5.41) is 0. The van der Waals surface area contributed by atoms with Crippen molar-refractivity contribution in [1.82, 2.24) is 4.90 Å². The summed E-state index contributed by atoms with van der Waals surface area (Å²) in [5.74, 6) is 1.36. The zero-order valence-corrected chi connectivity index (χ0v) is 8.76. The van der Waals surface area contributed by atoms with E-state index < -0.39 is 0 Å². The van der Waals surface area contributed by atoms with Crippen LogP contribution in [-0.4, -0.2) is 24.5 Å². The van der Waals surface area contributed by atoms with Crippen LogP contribution >= 0.6 is 0 Å². The molecule has 0 aromatic heterocycles. The highest BCUT2D eigenvalue weighted by atomic mass is 16.5. The van der Waals surface area contributed by atoms with Crippen molar-refractivity contribution >= 4 is 5.91 Å². The van der Waals surface area contributed by atoms with Crippen LogP contribution in [-0.2, 0) is 9.53 Å². The van der Waals surface area contributed by atoms with Crippen molar-refractivity contribution in [1.29, 1.82) is 0 Å². The summed E-state index contributed by atoms with van der Waals surface area (Å²) >= 11 is 0. The maximum Gasteiger partial charge on any atom is 0.264 e. The molecule has 0 aliphatic carbocycles. The molecule has 3 nitrogen and oxygen atoms in total. The highest BCUT2D eigenvalue weighted by Gasteiger charge is 2.25. The molecule has 0 bridgehead atoms. The molecule has 13 heavy (non-hydrogen) atoms. The SMILES string of the molecule is CCC1=C(C(C)C)OCC(=O)N1C. The molecule has 1 aliphatic heterocycles. The van der Waals surface area contributed by atoms with Gasteiger partial charge in [-0.3, -0.25) is 4.79 Å². The van der Waals surface area contributed by atoms with Gasteiger partial charge in [0.15, 0.2) is 6.61 Å². The fourth-order valence-corrected chi connectivity index (χ4v) is 1.55. The average molecular weight is 183 g/mol. The summed E-state index contributed by atoms with van der Waals surface area (Å²) < 4.78 is 5.41. The number of carbonyl (C=O) groups excluding carboxylic acids is 1. The Labute approximate surface area is 79.4 Å². The molecule has 74 valence electrons. The van der Waals surface area contributed by atoms with Crippen molar-refractivity contribution in [3.8, 4) is 0 Å². The van der Waals surface area contributed by atoms with Gasteiger partial charge in [-0.15, -0.1) is 0 Å². The van der Waals surface area contributed by atoms with Crippen molar-refractivity contribution in [2.45, 2.75) is 27.2 Å². The third-order valence-corrected chi connectivity index (χ3v) is 2.27. The van der Waals surface area contributed by atoms with Crippen LogP contribution in [0.4, 0.5) is 0 Å². The fraction of sp³-hybridized carbons (Fsp3) is 0.700. The summed E-state index contributed by atoms with van der Waals surface area (Å²) in [4.78, 5) is 13.0. The Bertz CT molecular complexity index is 243. The molecule has 0 saturated carbocycles. The third kappa shape index (κ3) is 1.85. The number of amides is 1. The number of hydrogen-bond acceptors (Lipinski definition) is 2. The van der Waals surface area contributed by atoms with Gasteiger partial charge in [0.2, 0.25) is 0 Å².